The zero-order chi connectivity index (χ0) is 14.3. The minimum absolute atomic E-state index is 0.0876. The van der Waals surface area contributed by atoms with Crippen LogP contribution in [-0.2, 0) is 6.42 Å². The van der Waals surface area contributed by atoms with Crippen molar-refractivity contribution in [3.8, 4) is 0 Å². The minimum Gasteiger partial charge on any atom is -0.399 e. The molecule has 0 aliphatic heterocycles. The van der Waals surface area contributed by atoms with Crippen LogP contribution in [-0.4, -0.2) is 4.57 Å². The van der Waals surface area contributed by atoms with Crippen molar-refractivity contribution < 1.29 is 0 Å². The Kier molecular flexibility index (Phi) is 3.13. The monoisotopic (exact) mass is 268 g/mol. The first-order chi connectivity index (χ1) is 9.56. The Morgan fingerprint density at radius 3 is 2.55 bits per heavy atom. The maximum absolute atomic E-state index is 11.6. The van der Waals surface area contributed by atoms with Crippen LogP contribution in [0.1, 0.15) is 41.4 Å². The summed E-state index contributed by atoms with van der Waals surface area (Å²) in [5.74, 6) is 0. The fourth-order valence-electron chi connectivity index (χ4n) is 3.44. The Balaban J connectivity index is 2.16. The first kappa shape index (κ1) is 13.0. The third-order valence-electron chi connectivity index (χ3n) is 4.22. The second-order valence-corrected chi connectivity index (χ2v) is 5.71. The van der Waals surface area contributed by atoms with E-state index in [0.29, 0.717) is 6.04 Å². The molecule has 0 bridgehead atoms. The number of fused-ring (bicyclic) bond motifs is 1. The van der Waals surface area contributed by atoms with Crippen LogP contribution in [0.15, 0.2) is 35.1 Å². The van der Waals surface area contributed by atoms with Crippen LogP contribution in [0.5, 0.6) is 0 Å². The number of aryl methyl sites for hydroxylation is 3. The summed E-state index contributed by atoms with van der Waals surface area (Å²) >= 11 is 0. The topological polar surface area (TPSA) is 48.0 Å². The lowest BCUT2D eigenvalue weighted by atomic mass is 9.86. The Hall–Kier alpha value is -2.03. The van der Waals surface area contributed by atoms with Crippen molar-refractivity contribution in [2.75, 3.05) is 5.73 Å². The molecule has 3 nitrogen and oxygen atoms in total. The molecule has 3 heteroatoms. The van der Waals surface area contributed by atoms with E-state index >= 15 is 0 Å². The van der Waals surface area contributed by atoms with Crippen LogP contribution in [0, 0.1) is 13.8 Å². The molecule has 1 aromatic heterocycles. The smallest absolute Gasteiger partial charge is 0.182 e. The summed E-state index contributed by atoms with van der Waals surface area (Å²) in [7, 11) is 0. The average Bonchev–Trinajstić information content (AvgIpc) is 2.37. The van der Waals surface area contributed by atoms with Gasteiger partial charge in [-0.15, -0.1) is 0 Å². The molecule has 0 saturated heterocycles. The van der Waals surface area contributed by atoms with Crippen LogP contribution in [0.25, 0.3) is 0 Å². The molecule has 0 amide bonds. The fourth-order valence-corrected chi connectivity index (χ4v) is 3.44. The van der Waals surface area contributed by atoms with Gasteiger partial charge in [-0.2, -0.15) is 0 Å². The van der Waals surface area contributed by atoms with E-state index in [4.69, 9.17) is 5.73 Å². The number of nitrogens with two attached hydrogens (primary N) is 1. The SMILES string of the molecule is Cc1cc(=O)cc(C)n1C1CCCc2cc(N)ccc21. The van der Waals surface area contributed by atoms with Gasteiger partial charge in [0.15, 0.2) is 5.43 Å². The van der Waals surface area contributed by atoms with Gasteiger partial charge in [-0.05, 0) is 56.4 Å². The summed E-state index contributed by atoms with van der Waals surface area (Å²) in [4.78, 5) is 11.6. The highest BCUT2D eigenvalue weighted by molar-refractivity contribution is 5.47. The second kappa shape index (κ2) is 4.82. The van der Waals surface area contributed by atoms with Gasteiger partial charge in [0.2, 0.25) is 0 Å². The summed E-state index contributed by atoms with van der Waals surface area (Å²) < 4.78 is 2.29. The lowest BCUT2D eigenvalue weighted by Crippen LogP contribution is -2.23. The van der Waals surface area contributed by atoms with E-state index in [0.717, 1.165) is 36.3 Å². The van der Waals surface area contributed by atoms with Gasteiger partial charge in [-0.3, -0.25) is 4.79 Å². The van der Waals surface area contributed by atoms with Crippen molar-refractivity contribution in [3.05, 3.63) is 63.1 Å². The van der Waals surface area contributed by atoms with E-state index in [2.05, 4.69) is 16.7 Å². The predicted octanol–water partition coefficient (Wildman–Crippen LogP) is 2.97. The van der Waals surface area contributed by atoms with Gasteiger partial charge < -0.3 is 10.3 Å². The second-order valence-electron chi connectivity index (χ2n) is 5.71. The molecule has 1 aliphatic carbocycles. The molecule has 104 valence electrons. The Bertz CT molecular complexity index is 689. The Labute approximate surface area is 119 Å². The summed E-state index contributed by atoms with van der Waals surface area (Å²) in [6.07, 6.45) is 3.36. The standard InChI is InChI=1S/C17H20N2O/c1-11-8-15(20)9-12(2)19(11)17-5-3-4-13-10-14(18)6-7-16(13)17/h6-10,17H,3-5,18H2,1-2H3. The van der Waals surface area contributed by atoms with Gasteiger partial charge in [-0.25, -0.2) is 0 Å². The molecule has 1 unspecified atom stereocenters. The highest BCUT2D eigenvalue weighted by atomic mass is 16.1. The number of nitrogen functional groups attached to an aromatic ring is 1. The number of hydrogen-bond acceptors (Lipinski definition) is 2. The molecule has 1 aliphatic rings. The molecule has 1 aromatic carbocycles. The van der Waals surface area contributed by atoms with Crippen molar-refractivity contribution in [1.82, 2.24) is 4.57 Å². The maximum atomic E-state index is 11.6. The van der Waals surface area contributed by atoms with Gasteiger partial charge in [0.05, 0.1) is 6.04 Å². The third-order valence-corrected chi connectivity index (χ3v) is 4.22. The molecular formula is C17H20N2O. The lowest BCUT2D eigenvalue weighted by molar-refractivity contribution is 0.471. The van der Waals surface area contributed by atoms with Crippen LogP contribution in [0.2, 0.25) is 0 Å². The van der Waals surface area contributed by atoms with Crippen LogP contribution in [0.3, 0.4) is 0 Å². The largest absolute Gasteiger partial charge is 0.399 e. The van der Waals surface area contributed by atoms with Crippen molar-refractivity contribution >= 4 is 5.69 Å². The molecule has 0 spiro atoms. The van der Waals surface area contributed by atoms with E-state index < -0.39 is 0 Å². The molecule has 0 fully saturated rings. The molecule has 3 rings (SSSR count). The Morgan fingerprint density at radius 2 is 1.85 bits per heavy atom. The number of pyridine rings is 1. The molecule has 20 heavy (non-hydrogen) atoms. The number of hydrogen-bond donors (Lipinski definition) is 1. The number of benzene rings is 1. The van der Waals surface area contributed by atoms with Crippen LogP contribution in [0.4, 0.5) is 5.69 Å². The summed E-state index contributed by atoms with van der Waals surface area (Å²) in [6.45, 7) is 4.03. The van der Waals surface area contributed by atoms with Crippen LogP contribution < -0.4 is 11.2 Å². The molecule has 0 saturated carbocycles. The number of rotatable bonds is 1. The van der Waals surface area contributed by atoms with Gasteiger partial charge in [0.25, 0.3) is 0 Å². The maximum Gasteiger partial charge on any atom is 0.182 e. The third kappa shape index (κ3) is 2.13. The zero-order valence-corrected chi connectivity index (χ0v) is 12.0. The average molecular weight is 268 g/mol. The van der Waals surface area contributed by atoms with Gasteiger partial charge in [-0.1, -0.05) is 6.07 Å². The van der Waals surface area contributed by atoms with E-state index in [1.165, 1.54) is 11.1 Å². The van der Waals surface area contributed by atoms with Gasteiger partial charge in [0, 0.05) is 29.2 Å². The highest BCUT2D eigenvalue weighted by Gasteiger charge is 2.23. The summed E-state index contributed by atoms with van der Waals surface area (Å²) in [6, 6.07) is 9.97. The van der Waals surface area contributed by atoms with Crippen molar-refractivity contribution in [3.63, 3.8) is 0 Å². The van der Waals surface area contributed by atoms with Crippen LogP contribution >= 0.6 is 0 Å². The first-order valence-electron chi connectivity index (χ1n) is 7.14. The molecule has 0 radical (unpaired) electrons. The molecule has 1 atom stereocenters. The lowest BCUT2D eigenvalue weighted by Gasteiger charge is -2.31. The van der Waals surface area contributed by atoms with E-state index in [-0.39, 0.29) is 5.43 Å². The minimum atomic E-state index is 0.0876. The fraction of sp³-hybridized carbons (Fsp3) is 0.353. The van der Waals surface area contributed by atoms with E-state index in [9.17, 15) is 4.79 Å². The van der Waals surface area contributed by atoms with Crippen molar-refractivity contribution in [2.24, 2.45) is 0 Å². The molecule has 2 aromatic rings. The Morgan fingerprint density at radius 1 is 1.15 bits per heavy atom. The first-order valence-corrected chi connectivity index (χ1v) is 7.14. The number of anilines is 1. The van der Waals surface area contributed by atoms with Crippen molar-refractivity contribution in [1.29, 1.82) is 0 Å². The van der Waals surface area contributed by atoms with Gasteiger partial charge in [0.1, 0.15) is 0 Å². The van der Waals surface area contributed by atoms with Crippen molar-refractivity contribution in [2.45, 2.75) is 39.2 Å². The molecule has 1 heterocycles. The van der Waals surface area contributed by atoms with E-state index in [1.54, 1.807) is 12.1 Å². The van der Waals surface area contributed by atoms with Gasteiger partial charge >= 0.3 is 0 Å². The van der Waals surface area contributed by atoms with E-state index in [1.807, 2.05) is 19.9 Å². The highest BCUT2D eigenvalue weighted by Crippen LogP contribution is 2.35. The number of nitrogens with zero attached hydrogens (tertiary/aromatic N) is 1. The normalized spacial score (nSPS) is 17.8. The molecular weight excluding hydrogens is 248 g/mol. The quantitative estimate of drug-likeness (QED) is 0.808. The summed E-state index contributed by atoms with van der Waals surface area (Å²) in [5, 5.41) is 0. The number of aromatic nitrogens is 1. The molecule has 2 N–H and O–H groups in total. The summed E-state index contributed by atoms with van der Waals surface area (Å²) in [5.41, 5.74) is 11.6. The zero-order valence-electron chi connectivity index (χ0n) is 12.0. The predicted molar refractivity (Wildman–Crippen MR) is 82.1 cm³/mol.